The lowest BCUT2D eigenvalue weighted by Gasteiger charge is -2.14. The van der Waals surface area contributed by atoms with Gasteiger partial charge in [0.05, 0.1) is 16.6 Å². The van der Waals surface area contributed by atoms with Gasteiger partial charge in [-0.25, -0.2) is 4.98 Å². The normalized spacial score (nSPS) is 20.9. The van der Waals surface area contributed by atoms with E-state index in [4.69, 9.17) is 17.0 Å². The minimum absolute atomic E-state index is 0.0987. The highest BCUT2D eigenvalue weighted by atomic mass is 32.2. The van der Waals surface area contributed by atoms with Gasteiger partial charge in [0.15, 0.2) is 0 Å². The van der Waals surface area contributed by atoms with E-state index in [-0.39, 0.29) is 17.6 Å². The van der Waals surface area contributed by atoms with Crippen LogP contribution in [0, 0.1) is 0 Å². The molecule has 0 unspecified atom stereocenters. The minimum Gasteiger partial charge on any atom is -0.376 e. The Morgan fingerprint density at radius 2 is 2.28 bits per heavy atom. The first-order valence-corrected chi connectivity index (χ1v) is 10.9. The quantitative estimate of drug-likeness (QED) is 0.558. The number of aromatic nitrogens is 2. The van der Waals surface area contributed by atoms with Crippen molar-refractivity contribution < 1.29 is 9.53 Å². The zero-order chi connectivity index (χ0) is 20.4. The molecule has 1 N–H and O–H groups in total. The Hall–Kier alpha value is -2.23. The number of thioether (sulfide) groups is 1. The molecular weight excluding hydrogens is 408 g/mol. The third-order valence-corrected chi connectivity index (χ3v) is 6.26. The Balaban J connectivity index is 1.74. The maximum Gasteiger partial charge on any atom is 0.267 e. The van der Waals surface area contributed by atoms with Gasteiger partial charge in [0.1, 0.15) is 15.8 Å². The summed E-state index contributed by atoms with van der Waals surface area (Å²) in [6.07, 6.45) is 6.21. The van der Waals surface area contributed by atoms with Gasteiger partial charge in [-0.1, -0.05) is 37.0 Å². The number of anilines is 1. The first-order valence-electron chi connectivity index (χ1n) is 9.70. The number of ether oxygens (including phenoxy) is 1. The number of fused-ring (bicyclic) bond motifs is 1. The largest absolute Gasteiger partial charge is 0.376 e. The number of hydrogen-bond acceptors (Lipinski definition) is 7. The molecule has 2 aromatic heterocycles. The van der Waals surface area contributed by atoms with Gasteiger partial charge in [-0.15, -0.1) is 0 Å². The van der Waals surface area contributed by atoms with Gasteiger partial charge >= 0.3 is 0 Å². The number of hydrogen-bond donors (Lipinski definition) is 1. The lowest BCUT2D eigenvalue weighted by Crippen LogP contribution is -2.28. The minimum atomic E-state index is -0.230. The second-order valence-corrected chi connectivity index (χ2v) is 8.63. The van der Waals surface area contributed by atoms with Crippen molar-refractivity contribution in [2.24, 2.45) is 0 Å². The number of nitrogens with one attached hydrogen (secondary N) is 1. The maximum absolute atomic E-state index is 13.2. The van der Waals surface area contributed by atoms with Crippen LogP contribution in [-0.2, 0) is 9.53 Å². The highest BCUT2D eigenvalue weighted by molar-refractivity contribution is 8.26. The van der Waals surface area contributed by atoms with Crippen molar-refractivity contribution in [2.75, 3.05) is 25.0 Å². The van der Waals surface area contributed by atoms with Gasteiger partial charge in [-0.3, -0.25) is 18.9 Å². The van der Waals surface area contributed by atoms with Crippen LogP contribution in [0.4, 0.5) is 5.82 Å². The summed E-state index contributed by atoms with van der Waals surface area (Å²) in [5, 5.41) is 3.26. The molecule has 0 radical (unpaired) electrons. The van der Waals surface area contributed by atoms with Crippen LogP contribution in [0.15, 0.2) is 34.1 Å². The van der Waals surface area contributed by atoms with E-state index in [1.807, 2.05) is 13.0 Å². The summed E-state index contributed by atoms with van der Waals surface area (Å²) in [5.74, 6) is 0.293. The maximum atomic E-state index is 13.2. The first-order chi connectivity index (χ1) is 14.1. The number of carbonyl (C=O) groups is 1. The van der Waals surface area contributed by atoms with Crippen molar-refractivity contribution >= 4 is 51.7 Å². The van der Waals surface area contributed by atoms with E-state index in [0.29, 0.717) is 39.3 Å². The zero-order valence-corrected chi connectivity index (χ0v) is 17.7. The van der Waals surface area contributed by atoms with Crippen molar-refractivity contribution in [1.82, 2.24) is 14.3 Å². The fourth-order valence-electron chi connectivity index (χ4n) is 3.43. The molecule has 2 aliphatic rings. The van der Waals surface area contributed by atoms with Crippen molar-refractivity contribution in [3.05, 3.63) is 45.2 Å². The van der Waals surface area contributed by atoms with Crippen LogP contribution >= 0.6 is 24.0 Å². The van der Waals surface area contributed by atoms with Crippen molar-refractivity contribution in [2.45, 2.75) is 32.3 Å². The molecule has 29 heavy (non-hydrogen) atoms. The van der Waals surface area contributed by atoms with Gasteiger partial charge < -0.3 is 10.1 Å². The van der Waals surface area contributed by atoms with Gasteiger partial charge in [0.25, 0.3) is 11.5 Å². The molecule has 7 nitrogen and oxygen atoms in total. The summed E-state index contributed by atoms with van der Waals surface area (Å²) in [5.41, 5.74) is 0.665. The van der Waals surface area contributed by atoms with E-state index in [2.05, 4.69) is 10.3 Å². The Morgan fingerprint density at radius 1 is 1.41 bits per heavy atom. The summed E-state index contributed by atoms with van der Waals surface area (Å²) in [7, 11) is 0. The Morgan fingerprint density at radius 3 is 3.03 bits per heavy atom. The van der Waals surface area contributed by atoms with Crippen LogP contribution in [0.25, 0.3) is 11.7 Å². The van der Waals surface area contributed by atoms with Crippen LogP contribution in [-0.4, -0.2) is 50.3 Å². The lowest BCUT2D eigenvalue weighted by atomic mass is 10.2. The van der Waals surface area contributed by atoms with Crippen LogP contribution in [0.5, 0.6) is 0 Å². The van der Waals surface area contributed by atoms with E-state index in [0.717, 1.165) is 25.9 Å². The number of rotatable bonds is 6. The SMILES string of the molecule is CCCN1C(=O)/C(=C/c2c(NC[C@@H]3CCCO3)nc3ccccn3c2=O)SC1=S. The number of pyridine rings is 1. The molecule has 2 aliphatic heterocycles. The van der Waals surface area contributed by atoms with Crippen LogP contribution < -0.4 is 10.9 Å². The van der Waals surface area contributed by atoms with Gasteiger partial charge in [-0.05, 0) is 37.5 Å². The molecule has 2 fully saturated rings. The van der Waals surface area contributed by atoms with Crippen molar-refractivity contribution in [3.63, 3.8) is 0 Å². The van der Waals surface area contributed by atoms with E-state index >= 15 is 0 Å². The molecule has 4 heterocycles. The molecule has 0 aromatic carbocycles. The monoisotopic (exact) mass is 430 g/mol. The lowest BCUT2D eigenvalue weighted by molar-refractivity contribution is -0.122. The summed E-state index contributed by atoms with van der Waals surface area (Å²) in [4.78, 5) is 32.6. The third-order valence-electron chi connectivity index (χ3n) is 4.89. The molecule has 0 bridgehead atoms. The molecular formula is C20H22N4O3S2. The second-order valence-electron chi connectivity index (χ2n) is 6.96. The molecule has 2 saturated heterocycles. The average Bonchev–Trinajstić information content (AvgIpc) is 3.33. The van der Waals surface area contributed by atoms with E-state index < -0.39 is 0 Å². The first kappa shape index (κ1) is 20.1. The third kappa shape index (κ3) is 4.08. The number of amides is 1. The molecule has 0 spiro atoms. The number of carbonyl (C=O) groups excluding carboxylic acids is 1. The van der Waals surface area contributed by atoms with E-state index in [1.165, 1.54) is 16.2 Å². The van der Waals surface area contributed by atoms with Crippen LogP contribution in [0.3, 0.4) is 0 Å². The van der Waals surface area contributed by atoms with Crippen molar-refractivity contribution in [3.8, 4) is 0 Å². The van der Waals surface area contributed by atoms with Crippen LogP contribution in [0.1, 0.15) is 31.7 Å². The topological polar surface area (TPSA) is 75.9 Å². The number of nitrogens with zero attached hydrogens (tertiary/aromatic N) is 3. The van der Waals surface area contributed by atoms with Gasteiger partial charge in [0, 0.05) is 25.9 Å². The Bertz CT molecular complexity index is 1040. The molecule has 0 aliphatic carbocycles. The molecule has 2 aromatic rings. The summed E-state index contributed by atoms with van der Waals surface area (Å²) >= 11 is 6.56. The standard InChI is InChI=1S/C20H22N4O3S2/c1-2-8-24-19(26)15(29-20(24)28)11-14-17(21-12-13-6-5-10-27-13)22-16-7-3-4-9-23(16)18(14)25/h3-4,7,9,11,13,21H,2,5-6,8,10,12H2,1H3/b15-11-/t13-/m0/s1. The van der Waals surface area contributed by atoms with E-state index in [1.54, 1.807) is 29.3 Å². The molecule has 9 heteroatoms. The zero-order valence-electron chi connectivity index (χ0n) is 16.1. The smallest absolute Gasteiger partial charge is 0.267 e. The van der Waals surface area contributed by atoms with Crippen LogP contribution in [0.2, 0.25) is 0 Å². The molecule has 4 rings (SSSR count). The Labute approximate surface area is 178 Å². The second kappa shape index (κ2) is 8.64. The van der Waals surface area contributed by atoms with Gasteiger partial charge in [0.2, 0.25) is 0 Å². The average molecular weight is 431 g/mol. The Kier molecular flexibility index (Phi) is 5.98. The highest BCUT2D eigenvalue weighted by Crippen LogP contribution is 2.33. The molecule has 1 atom stereocenters. The summed E-state index contributed by atoms with van der Waals surface area (Å²) in [6.45, 7) is 3.89. The predicted molar refractivity (Wildman–Crippen MR) is 119 cm³/mol. The molecule has 0 saturated carbocycles. The summed E-state index contributed by atoms with van der Waals surface area (Å²) < 4.78 is 7.67. The fraction of sp³-hybridized carbons (Fsp3) is 0.400. The highest BCUT2D eigenvalue weighted by Gasteiger charge is 2.32. The van der Waals surface area contributed by atoms with Gasteiger partial charge in [-0.2, -0.15) is 0 Å². The number of thiocarbonyl (C=S) groups is 1. The molecule has 1 amide bonds. The fourth-order valence-corrected chi connectivity index (χ4v) is 4.72. The summed E-state index contributed by atoms with van der Waals surface area (Å²) in [6, 6.07) is 5.39. The molecule has 152 valence electrons. The van der Waals surface area contributed by atoms with E-state index in [9.17, 15) is 9.59 Å². The predicted octanol–water partition coefficient (Wildman–Crippen LogP) is 2.90. The van der Waals surface area contributed by atoms with Crippen molar-refractivity contribution in [1.29, 1.82) is 0 Å².